The maximum atomic E-state index is 13.1. The molecular formula is C20H23N5O3. The summed E-state index contributed by atoms with van der Waals surface area (Å²) in [7, 11) is 0. The first kappa shape index (κ1) is 18.4. The highest BCUT2D eigenvalue weighted by atomic mass is 16.5. The third-order valence-electron chi connectivity index (χ3n) is 5.13. The molecule has 1 fully saturated rings. The molecule has 3 aromatic rings. The van der Waals surface area contributed by atoms with Crippen molar-refractivity contribution >= 4 is 22.6 Å². The zero-order valence-corrected chi connectivity index (χ0v) is 16.0. The Labute approximate surface area is 161 Å². The van der Waals surface area contributed by atoms with Gasteiger partial charge in [-0.1, -0.05) is 6.07 Å². The molecule has 0 bridgehead atoms. The lowest BCUT2D eigenvalue weighted by molar-refractivity contribution is 0.0856. The van der Waals surface area contributed by atoms with Gasteiger partial charge in [-0.15, -0.1) is 0 Å². The van der Waals surface area contributed by atoms with Crippen molar-refractivity contribution in [1.82, 2.24) is 19.3 Å². The standard InChI is InChI=1S/C20H23N5O3/c1-3-24-17(21)14(19(26)22-10-13-5-4-8-28-13)9-15-18(24)23-16-7-6-12(2)11-25(16)20(15)27/h6-7,9,11,13,21H,3-5,8,10H2,1-2H3,(H,22,26)/t13-/m0/s1. The predicted octanol–water partition coefficient (Wildman–Crippen LogP) is 1.37. The van der Waals surface area contributed by atoms with Crippen LogP contribution in [0.2, 0.25) is 0 Å². The molecule has 1 aliphatic rings. The Kier molecular flexibility index (Phi) is 4.72. The van der Waals surface area contributed by atoms with E-state index in [1.165, 1.54) is 10.5 Å². The second-order valence-corrected chi connectivity index (χ2v) is 7.08. The van der Waals surface area contributed by atoms with Crippen LogP contribution in [0, 0.1) is 12.3 Å². The van der Waals surface area contributed by atoms with Crippen molar-refractivity contribution in [3.05, 3.63) is 51.4 Å². The first-order chi connectivity index (χ1) is 13.5. The molecular weight excluding hydrogens is 358 g/mol. The summed E-state index contributed by atoms with van der Waals surface area (Å²) in [6, 6.07) is 5.15. The Bertz CT molecular complexity index is 1190. The van der Waals surface area contributed by atoms with Crippen molar-refractivity contribution in [2.24, 2.45) is 0 Å². The smallest absolute Gasteiger partial charge is 0.267 e. The van der Waals surface area contributed by atoms with E-state index in [0.717, 1.165) is 18.4 Å². The summed E-state index contributed by atoms with van der Waals surface area (Å²) in [5.41, 5.74) is 1.82. The number of ether oxygens (including phenoxy) is 1. The lowest BCUT2D eigenvalue weighted by Gasteiger charge is -2.14. The topological polar surface area (TPSA) is 101 Å². The highest BCUT2D eigenvalue weighted by Gasteiger charge is 2.20. The molecule has 146 valence electrons. The first-order valence-corrected chi connectivity index (χ1v) is 9.50. The van der Waals surface area contributed by atoms with Crippen LogP contribution in [-0.4, -0.2) is 39.1 Å². The summed E-state index contributed by atoms with van der Waals surface area (Å²) in [4.78, 5) is 30.4. The van der Waals surface area contributed by atoms with Gasteiger partial charge in [-0.2, -0.15) is 0 Å². The Morgan fingerprint density at radius 1 is 1.43 bits per heavy atom. The fraction of sp³-hybridized carbons (Fsp3) is 0.400. The van der Waals surface area contributed by atoms with E-state index in [4.69, 9.17) is 10.1 Å². The Balaban J connectivity index is 1.85. The predicted molar refractivity (Wildman–Crippen MR) is 105 cm³/mol. The van der Waals surface area contributed by atoms with Gasteiger partial charge in [-0.3, -0.25) is 19.4 Å². The Hall–Kier alpha value is -3.00. The number of aryl methyl sites for hydroxylation is 2. The van der Waals surface area contributed by atoms with Gasteiger partial charge in [0.25, 0.3) is 11.5 Å². The summed E-state index contributed by atoms with van der Waals surface area (Å²) in [5.74, 6) is -0.377. The lowest BCUT2D eigenvalue weighted by Crippen LogP contribution is -2.37. The number of amides is 1. The minimum absolute atomic E-state index is 0.0103. The minimum Gasteiger partial charge on any atom is -0.376 e. The molecule has 0 unspecified atom stereocenters. The minimum atomic E-state index is -0.377. The van der Waals surface area contributed by atoms with Gasteiger partial charge < -0.3 is 14.6 Å². The molecule has 1 saturated heterocycles. The van der Waals surface area contributed by atoms with Crippen LogP contribution in [0.4, 0.5) is 0 Å². The number of nitrogens with zero attached hydrogens (tertiary/aromatic N) is 3. The van der Waals surface area contributed by atoms with Gasteiger partial charge in [0.2, 0.25) is 0 Å². The second kappa shape index (κ2) is 7.20. The molecule has 1 amide bonds. The summed E-state index contributed by atoms with van der Waals surface area (Å²) >= 11 is 0. The lowest BCUT2D eigenvalue weighted by atomic mass is 10.2. The van der Waals surface area contributed by atoms with E-state index < -0.39 is 0 Å². The average molecular weight is 381 g/mol. The zero-order chi connectivity index (χ0) is 19.8. The molecule has 2 N–H and O–H groups in total. The van der Waals surface area contributed by atoms with E-state index in [2.05, 4.69) is 10.3 Å². The molecule has 1 atom stereocenters. The molecule has 4 rings (SSSR count). The zero-order valence-electron chi connectivity index (χ0n) is 16.0. The van der Waals surface area contributed by atoms with Crippen molar-refractivity contribution < 1.29 is 9.53 Å². The number of nitrogens with one attached hydrogen (secondary N) is 2. The van der Waals surface area contributed by atoms with E-state index >= 15 is 0 Å². The van der Waals surface area contributed by atoms with E-state index in [1.807, 2.05) is 19.9 Å². The van der Waals surface area contributed by atoms with Crippen LogP contribution < -0.4 is 16.4 Å². The maximum Gasteiger partial charge on any atom is 0.267 e. The molecule has 0 aromatic carbocycles. The average Bonchev–Trinajstić information content (AvgIpc) is 3.20. The van der Waals surface area contributed by atoms with Crippen LogP contribution >= 0.6 is 0 Å². The SMILES string of the molecule is CCn1c(=N)c(C(=O)NC[C@@H]2CCCO2)cc2c(=O)n3cc(C)ccc3nc21. The second-order valence-electron chi connectivity index (χ2n) is 7.08. The number of carbonyl (C=O) groups excluding carboxylic acids is 1. The van der Waals surface area contributed by atoms with Gasteiger partial charge in [0.15, 0.2) is 0 Å². The fourth-order valence-electron chi connectivity index (χ4n) is 3.63. The summed E-state index contributed by atoms with van der Waals surface area (Å²) in [5, 5.41) is 11.6. The van der Waals surface area contributed by atoms with Gasteiger partial charge in [0, 0.05) is 25.9 Å². The highest BCUT2D eigenvalue weighted by Crippen LogP contribution is 2.13. The number of hydrogen-bond donors (Lipinski definition) is 2. The van der Waals surface area contributed by atoms with Crippen molar-refractivity contribution in [2.45, 2.75) is 39.3 Å². The highest BCUT2D eigenvalue weighted by molar-refractivity contribution is 5.96. The van der Waals surface area contributed by atoms with Crippen LogP contribution in [0.1, 0.15) is 35.7 Å². The monoisotopic (exact) mass is 381 g/mol. The van der Waals surface area contributed by atoms with E-state index in [1.54, 1.807) is 16.8 Å². The number of rotatable bonds is 4. The molecule has 4 heterocycles. The Morgan fingerprint density at radius 2 is 2.25 bits per heavy atom. The van der Waals surface area contributed by atoms with Gasteiger partial charge in [-0.05, 0) is 44.4 Å². The molecule has 0 saturated carbocycles. The molecule has 28 heavy (non-hydrogen) atoms. The van der Waals surface area contributed by atoms with E-state index in [9.17, 15) is 9.59 Å². The summed E-state index contributed by atoms with van der Waals surface area (Å²) < 4.78 is 8.61. The van der Waals surface area contributed by atoms with Crippen LogP contribution in [0.25, 0.3) is 16.7 Å². The third-order valence-corrected chi connectivity index (χ3v) is 5.13. The first-order valence-electron chi connectivity index (χ1n) is 9.50. The molecule has 0 radical (unpaired) electrons. The Morgan fingerprint density at radius 3 is 2.96 bits per heavy atom. The number of fused-ring (bicyclic) bond motifs is 2. The van der Waals surface area contributed by atoms with Gasteiger partial charge >= 0.3 is 0 Å². The summed E-state index contributed by atoms with van der Waals surface area (Å²) in [6.07, 6.45) is 3.64. The number of hydrogen-bond acceptors (Lipinski definition) is 5. The number of aromatic nitrogens is 3. The van der Waals surface area contributed by atoms with Gasteiger partial charge in [0.05, 0.1) is 17.1 Å². The largest absolute Gasteiger partial charge is 0.376 e. The summed E-state index contributed by atoms with van der Waals surface area (Å²) in [6.45, 7) is 5.31. The normalized spacial score (nSPS) is 16.7. The van der Waals surface area contributed by atoms with Gasteiger partial charge in [-0.25, -0.2) is 4.98 Å². The van der Waals surface area contributed by atoms with E-state index in [0.29, 0.717) is 36.4 Å². The molecule has 8 nitrogen and oxygen atoms in total. The van der Waals surface area contributed by atoms with Crippen molar-refractivity contribution in [1.29, 1.82) is 5.41 Å². The molecule has 0 aliphatic carbocycles. The van der Waals surface area contributed by atoms with Crippen LogP contribution in [0.5, 0.6) is 0 Å². The van der Waals surface area contributed by atoms with E-state index in [-0.39, 0.29) is 28.6 Å². The maximum absolute atomic E-state index is 13.1. The quantitative estimate of drug-likeness (QED) is 0.667. The number of pyridine rings is 2. The number of carbonyl (C=O) groups is 1. The van der Waals surface area contributed by atoms with Crippen LogP contribution in [-0.2, 0) is 11.3 Å². The van der Waals surface area contributed by atoms with Gasteiger partial charge in [0.1, 0.15) is 16.8 Å². The van der Waals surface area contributed by atoms with Crippen LogP contribution in [0.3, 0.4) is 0 Å². The van der Waals surface area contributed by atoms with Crippen LogP contribution in [0.15, 0.2) is 29.2 Å². The molecule has 0 spiro atoms. The molecule has 1 aliphatic heterocycles. The van der Waals surface area contributed by atoms with Crippen molar-refractivity contribution in [3.63, 3.8) is 0 Å². The third kappa shape index (κ3) is 3.09. The fourth-order valence-corrected chi connectivity index (χ4v) is 3.63. The van der Waals surface area contributed by atoms with Crippen molar-refractivity contribution in [3.8, 4) is 0 Å². The molecule has 8 heteroatoms. The molecule has 3 aromatic heterocycles. The van der Waals surface area contributed by atoms with Crippen molar-refractivity contribution in [2.75, 3.05) is 13.2 Å².